The van der Waals surface area contributed by atoms with Crippen molar-refractivity contribution in [3.63, 3.8) is 0 Å². The number of hydrogen-bond acceptors (Lipinski definition) is 2. The van der Waals surface area contributed by atoms with Crippen molar-refractivity contribution >= 4 is 0 Å². The van der Waals surface area contributed by atoms with Crippen LogP contribution in [0, 0.1) is 0 Å². The van der Waals surface area contributed by atoms with Gasteiger partial charge in [0.05, 0.1) is 6.10 Å². The monoisotopic (exact) mass is 155 g/mol. The molecule has 2 heteroatoms. The fourth-order valence-electron chi connectivity index (χ4n) is 1.26. The standard InChI is InChI=1S/C9H17NO/c1-7(2)10-5-4-8(3)9(11)6-10/h4,7,9,11H,5-6H2,1-3H3. The molecular formula is C9H17NO. The van der Waals surface area contributed by atoms with Crippen LogP contribution < -0.4 is 0 Å². The Hall–Kier alpha value is -0.340. The second-order valence-electron chi connectivity index (χ2n) is 3.51. The van der Waals surface area contributed by atoms with Crippen molar-refractivity contribution < 1.29 is 5.11 Å². The fourth-order valence-corrected chi connectivity index (χ4v) is 1.26. The topological polar surface area (TPSA) is 23.5 Å². The maximum atomic E-state index is 9.49. The molecule has 11 heavy (non-hydrogen) atoms. The Morgan fingerprint density at radius 3 is 2.73 bits per heavy atom. The van der Waals surface area contributed by atoms with E-state index in [9.17, 15) is 5.11 Å². The summed E-state index contributed by atoms with van der Waals surface area (Å²) in [4.78, 5) is 2.26. The van der Waals surface area contributed by atoms with Crippen LogP contribution in [0.3, 0.4) is 0 Å². The Morgan fingerprint density at radius 2 is 2.27 bits per heavy atom. The molecule has 1 aliphatic heterocycles. The predicted octanol–water partition coefficient (Wildman–Crippen LogP) is 1.02. The van der Waals surface area contributed by atoms with Crippen molar-refractivity contribution in [1.29, 1.82) is 0 Å². The van der Waals surface area contributed by atoms with Crippen molar-refractivity contribution in [3.8, 4) is 0 Å². The van der Waals surface area contributed by atoms with Crippen LogP contribution in [0.2, 0.25) is 0 Å². The predicted molar refractivity (Wildman–Crippen MR) is 46.5 cm³/mol. The molecule has 64 valence electrons. The summed E-state index contributed by atoms with van der Waals surface area (Å²) in [5.41, 5.74) is 1.11. The molecule has 0 saturated carbocycles. The molecule has 2 nitrogen and oxygen atoms in total. The second-order valence-corrected chi connectivity index (χ2v) is 3.51. The third-order valence-corrected chi connectivity index (χ3v) is 2.31. The van der Waals surface area contributed by atoms with E-state index in [1.165, 1.54) is 0 Å². The first-order chi connectivity index (χ1) is 5.11. The Morgan fingerprint density at radius 1 is 1.64 bits per heavy atom. The largest absolute Gasteiger partial charge is 0.387 e. The highest BCUT2D eigenvalue weighted by Gasteiger charge is 2.18. The molecule has 0 aromatic rings. The summed E-state index contributed by atoms with van der Waals surface area (Å²) >= 11 is 0. The molecule has 0 bridgehead atoms. The Balaban J connectivity index is 2.55. The lowest BCUT2D eigenvalue weighted by molar-refractivity contribution is 0.115. The van der Waals surface area contributed by atoms with Crippen molar-refractivity contribution in [3.05, 3.63) is 11.6 Å². The molecular weight excluding hydrogens is 138 g/mol. The molecule has 1 rings (SSSR count). The fraction of sp³-hybridized carbons (Fsp3) is 0.778. The molecule has 1 unspecified atom stereocenters. The maximum absolute atomic E-state index is 9.49. The van der Waals surface area contributed by atoms with Crippen molar-refractivity contribution in [1.82, 2.24) is 4.90 Å². The highest BCUT2D eigenvalue weighted by atomic mass is 16.3. The minimum atomic E-state index is -0.244. The number of aliphatic hydroxyl groups is 1. The zero-order valence-electron chi connectivity index (χ0n) is 7.54. The van der Waals surface area contributed by atoms with Gasteiger partial charge >= 0.3 is 0 Å². The minimum Gasteiger partial charge on any atom is -0.387 e. The highest BCUT2D eigenvalue weighted by molar-refractivity contribution is 5.10. The third kappa shape index (κ3) is 2.04. The summed E-state index contributed by atoms with van der Waals surface area (Å²) in [7, 11) is 0. The summed E-state index contributed by atoms with van der Waals surface area (Å²) in [5.74, 6) is 0. The lowest BCUT2D eigenvalue weighted by atomic mass is 10.1. The normalized spacial score (nSPS) is 27.4. The van der Waals surface area contributed by atoms with Gasteiger partial charge in [0.15, 0.2) is 0 Å². The zero-order chi connectivity index (χ0) is 8.43. The SMILES string of the molecule is CC1=CCN(C(C)C)CC1O. The van der Waals surface area contributed by atoms with Gasteiger partial charge in [0.1, 0.15) is 0 Å². The van der Waals surface area contributed by atoms with Crippen LogP contribution in [0.1, 0.15) is 20.8 Å². The van der Waals surface area contributed by atoms with Crippen molar-refractivity contribution in [2.45, 2.75) is 32.9 Å². The van der Waals surface area contributed by atoms with Gasteiger partial charge in [-0.3, -0.25) is 4.90 Å². The first-order valence-electron chi connectivity index (χ1n) is 4.20. The number of rotatable bonds is 1. The van der Waals surface area contributed by atoms with E-state index in [1.807, 2.05) is 6.92 Å². The van der Waals surface area contributed by atoms with Gasteiger partial charge in [-0.25, -0.2) is 0 Å². The zero-order valence-corrected chi connectivity index (χ0v) is 7.54. The molecule has 0 radical (unpaired) electrons. The van der Waals surface area contributed by atoms with E-state index in [0.717, 1.165) is 18.7 Å². The molecule has 1 atom stereocenters. The van der Waals surface area contributed by atoms with Crippen LogP contribution in [-0.2, 0) is 0 Å². The van der Waals surface area contributed by atoms with E-state index < -0.39 is 0 Å². The molecule has 0 aliphatic carbocycles. The lowest BCUT2D eigenvalue weighted by Gasteiger charge is -2.31. The molecule has 0 aromatic heterocycles. The average Bonchev–Trinajstić information content (AvgIpc) is 1.94. The molecule has 0 saturated heterocycles. The number of nitrogens with zero attached hydrogens (tertiary/aromatic N) is 1. The summed E-state index contributed by atoms with van der Waals surface area (Å²) in [5, 5.41) is 9.49. The van der Waals surface area contributed by atoms with Crippen molar-refractivity contribution in [2.75, 3.05) is 13.1 Å². The second kappa shape index (κ2) is 3.37. The van der Waals surface area contributed by atoms with Crippen LogP contribution in [0.5, 0.6) is 0 Å². The van der Waals surface area contributed by atoms with Gasteiger partial charge < -0.3 is 5.11 Å². The van der Waals surface area contributed by atoms with E-state index in [-0.39, 0.29) is 6.10 Å². The lowest BCUT2D eigenvalue weighted by Crippen LogP contribution is -2.41. The summed E-state index contributed by atoms with van der Waals surface area (Å²) in [6.45, 7) is 8.07. The minimum absolute atomic E-state index is 0.244. The van der Waals surface area contributed by atoms with Crippen LogP contribution in [-0.4, -0.2) is 35.2 Å². The van der Waals surface area contributed by atoms with Gasteiger partial charge in [-0.2, -0.15) is 0 Å². The molecule has 0 aromatic carbocycles. The average molecular weight is 155 g/mol. The van der Waals surface area contributed by atoms with E-state index in [0.29, 0.717) is 6.04 Å². The van der Waals surface area contributed by atoms with Crippen molar-refractivity contribution in [2.24, 2.45) is 0 Å². The van der Waals surface area contributed by atoms with Gasteiger partial charge in [0.2, 0.25) is 0 Å². The van der Waals surface area contributed by atoms with E-state index in [2.05, 4.69) is 24.8 Å². The summed E-state index contributed by atoms with van der Waals surface area (Å²) < 4.78 is 0. The molecule has 0 spiro atoms. The van der Waals surface area contributed by atoms with Crippen LogP contribution in [0.25, 0.3) is 0 Å². The van der Waals surface area contributed by atoms with Gasteiger partial charge in [-0.05, 0) is 26.3 Å². The molecule has 1 heterocycles. The van der Waals surface area contributed by atoms with Crippen LogP contribution >= 0.6 is 0 Å². The first-order valence-corrected chi connectivity index (χ1v) is 4.20. The molecule has 0 amide bonds. The molecule has 1 N–H and O–H groups in total. The summed E-state index contributed by atoms with van der Waals surface area (Å²) in [6.07, 6.45) is 1.86. The number of hydrogen-bond donors (Lipinski definition) is 1. The van der Waals surface area contributed by atoms with Crippen LogP contribution in [0.4, 0.5) is 0 Å². The smallest absolute Gasteiger partial charge is 0.0875 e. The van der Waals surface area contributed by atoms with E-state index in [1.54, 1.807) is 0 Å². The third-order valence-electron chi connectivity index (χ3n) is 2.31. The number of aliphatic hydroxyl groups excluding tert-OH is 1. The summed E-state index contributed by atoms with van der Waals surface area (Å²) in [6, 6.07) is 0.536. The molecule has 0 fully saturated rings. The van der Waals surface area contributed by atoms with Gasteiger partial charge in [0.25, 0.3) is 0 Å². The quantitative estimate of drug-likeness (QED) is 0.571. The van der Waals surface area contributed by atoms with Crippen LogP contribution in [0.15, 0.2) is 11.6 Å². The molecule has 1 aliphatic rings. The first kappa shape index (κ1) is 8.75. The Bertz CT molecular complexity index is 163. The number of β-amino-alcohol motifs (C(OH)–C–C–N with tert-alkyl or cyclic N) is 1. The van der Waals surface area contributed by atoms with Gasteiger partial charge in [-0.1, -0.05) is 6.08 Å². The maximum Gasteiger partial charge on any atom is 0.0875 e. The van der Waals surface area contributed by atoms with Gasteiger partial charge in [0, 0.05) is 19.1 Å². The van der Waals surface area contributed by atoms with E-state index in [4.69, 9.17) is 0 Å². The van der Waals surface area contributed by atoms with Gasteiger partial charge in [-0.15, -0.1) is 0 Å². The highest BCUT2D eigenvalue weighted by Crippen LogP contribution is 2.12. The van der Waals surface area contributed by atoms with E-state index >= 15 is 0 Å². The Kier molecular flexibility index (Phi) is 2.68. The Labute approximate surface area is 68.5 Å².